The molecular weight excluding hydrogens is 212 g/mol. The molecule has 1 aromatic rings. The number of anilines is 1. The van der Waals surface area contributed by atoms with Gasteiger partial charge in [0.05, 0.1) is 0 Å². The van der Waals surface area contributed by atoms with Crippen LogP contribution in [0, 0.1) is 0 Å². The van der Waals surface area contributed by atoms with Crippen LogP contribution in [-0.2, 0) is 0 Å². The largest absolute Gasteiger partial charge is 0.357 e. The first-order valence-electron chi connectivity index (χ1n) is 6.49. The van der Waals surface area contributed by atoms with Crippen LogP contribution in [0.25, 0.3) is 0 Å². The minimum Gasteiger partial charge on any atom is -0.357 e. The lowest BCUT2D eigenvalue weighted by Gasteiger charge is -2.25. The van der Waals surface area contributed by atoms with Crippen molar-refractivity contribution in [3.8, 4) is 0 Å². The number of Topliss-reactive ketones (excluding diaryl/α,β-unsaturated/α-hetero) is 1. The third kappa shape index (κ3) is 3.29. The van der Waals surface area contributed by atoms with Gasteiger partial charge in [-0.25, -0.2) is 4.98 Å². The zero-order chi connectivity index (χ0) is 12.1. The van der Waals surface area contributed by atoms with Gasteiger partial charge in [0, 0.05) is 24.8 Å². The van der Waals surface area contributed by atoms with Crippen LogP contribution in [0.2, 0.25) is 0 Å². The Morgan fingerprint density at radius 1 is 1.18 bits per heavy atom. The molecule has 2 rings (SSSR count). The zero-order valence-electron chi connectivity index (χ0n) is 10.5. The first kappa shape index (κ1) is 12.1. The second-order valence-electron chi connectivity index (χ2n) is 4.71. The molecule has 0 bridgehead atoms. The van der Waals surface area contributed by atoms with Crippen LogP contribution < -0.4 is 4.90 Å². The third-order valence-corrected chi connectivity index (χ3v) is 3.33. The molecule has 0 aromatic carbocycles. The number of pyridine rings is 1. The van der Waals surface area contributed by atoms with E-state index in [0.29, 0.717) is 0 Å². The van der Waals surface area contributed by atoms with Gasteiger partial charge in [0.2, 0.25) is 0 Å². The van der Waals surface area contributed by atoms with Crippen molar-refractivity contribution in [2.75, 3.05) is 18.0 Å². The highest BCUT2D eigenvalue weighted by Gasteiger charge is 2.11. The van der Waals surface area contributed by atoms with E-state index in [2.05, 4.69) is 9.88 Å². The number of aromatic nitrogens is 1. The molecule has 0 unspecified atom stereocenters. The van der Waals surface area contributed by atoms with E-state index in [9.17, 15) is 4.79 Å². The summed E-state index contributed by atoms with van der Waals surface area (Å²) >= 11 is 0. The van der Waals surface area contributed by atoms with Crippen LogP contribution in [0.3, 0.4) is 0 Å². The van der Waals surface area contributed by atoms with Gasteiger partial charge >= 0.3 is 0 Å². The summed E-state index contributed by atoms with van der Waals surface area (Å²) in [5.74, 6) is 1.07. The molecule has 0 spiro atoms. The molecule has 1 aliphatic heterocycles. The van der Waals surface area contributed by atoms with Gasteiger partial charge in [-0.15, -0.1) is 0 Å². The monoisotopic (exact) mass is 232 g/mol. The Bertz CT molecular complexity index is 382. The molecule has 1 fully saturated rings. The molecule has 17 heavy (non-hydrogen) atoms. The molecule has 0 atom stereocenters. The molecule has 1 aliphatic rings. The molecule has 3 nitrogen and oxygen atoms in total. The van der Waals surface area contributed by atoms with Crippen molar-refractivity contribution in [3.05, 3.63) is 23.9 Å². The van der Waals surface area contributed by atoms with Crippen LogP contribution >= 0.6 is 0 Å². The Morgan fingerprint density at radius 3 is 2.47 bits per heavy atom. The summed E-state index contributed by atoms with van der Waals surface area (Å²) in [4.78, 5) is 18.1. The van der Waals surface area contributed by atoms with Crippen molar-refractivity contribution in [1.29, 1.82) is 0 Å². The summed E-state index contributed by atoms with van der Waals surface area (Å²) in [6, 6.07) is 3.71. The number of carbonyl (C=O) groups is 1. The maximum absolute atomic E-state index is 11.4. The Balaban J connectivity index is 2.13. The van der Waals surface area contributed by atoms with E-state index in [1.807, 2.05) is 6.07 Å². The number of hydrogen-bond donors (Lipinski definition) is 0. The number of rotatable bonds is 2. The highest BCUT2D eigenvalue weighted by atomic mass is 16.1. The quantitative estimate of drug-likeness (QED) is 0.735. The summed E-state index contributed by atoms with van der Waals surface area (Å²) in [6.07, 6.45) is 8.17. The van der Waals surface area contributed by atoms with E-state index in [4.69, 9.17) is 0 Å². The fourth-order valence-corrected chi connectivity index (χ4v) is 2.29. The molecule has 0 amide bonds. The second-order valence-corrected chi connectivity index (χ2v) is 4.71. The summed E-state index contributed by atoms with van der Waals surface area (Å²) in [7, 11) is 0. The van der Waals surface area contributed by atoms with Gasteiger partial charge in [0.25, 0.3) is 0 Å². The van der Waals surface area contributed by atoms with E-state index >= 15 is 0 Å². The molecule has 0 aliphatic carbocycles. The lowest BCUT2D eigenvalue weighted by Crippen LogP contribution is -2.27. The van der Waals surface area contributed by atoms with Crippen LogP contribution in [-0.4, -0.2) is 23.9 Å². The molecule has 0 N–H and O–H groups in total. The van der Waals surface area contributed by atoms with E-state index < -0.39 is 0 Å². The lowest BCUT2D eigenvalue weighted by atomic mass is 10.1. The van der Waals surface area contributed by atoms with Crippen LogP contribution in [0.5, 0.6) is 0 Å². The molecule has 2 heterocycles. The van der Waals surface area contributed by atoms with Crippen molar-refractivity contribution < 1.29 is 4.79 Å². The van der Waals surface area contributed by atoms with Gasteiger partial charge in [-0.2, -0.15) is 0 Å². The second kappa shape index (κ2) is 5.80. The van der Waals surface area contributed by atoms with Crippen molar-refractivity contribution >= 4 is 11.6 Å². The zero-order valence-corrected chi connectivity index (χ0v) is 10.5. The first-order chi connectivity index (χ1) is 8.27. The molecule has 0 radical (unpaired) electrons. The average Bonchev–Trinajstić information content (AvgIpc) is 2.28. The maximum atomic E-state index is 11.4. The molecule has 92 valence electrons. The Kier molecular flexibility index (Phi) is 4.13. The fourth-order valence-electron chi connectivity index (χ4n) is 2.29. The first-order valence-corrected chi connectivity index (χ1v) is 6.49. The smallest absolute Gasteiger partial charge is 0.159 e. The predicted octanol–water partition coefficient (Wildman–Crippen LogP) is 3.05. The Labute approximate surface area is 103 Å². The summed E-state index contributed by atoms with van der Waals surface area (Å²) < 4.78 is 0. The lowest BCUT2D eigenvalue weighted by molar-refractivity contribution is 0.101. The SMILES string of the molecule is CC(=O)c1ccnc(N2CCCCCCC2)c1. The minimum atomic E-state index is 0.112. The average molecular weight is 232 g/mol. The maximum Gasteiger partial charge on any atom is 0.159 e. The molecule has 3 heteroatoms. The van der Waals surface area contributed by atoms with Crippen molar-refractivity contribution in [2.24, 2.45) is 0 Å². The number of nitrogens with zero attached hydrogens (tertiary/aromatic N) is 2. The molecule has 1 saturated heterocycles. The van der Waals surface area contributed by atoms with Crippen LogP contribution in [0.4, 0.5) is 5.82 Å². The highest BCUT2D eigenvalue weighted by molar-refractivity contribution is 5.94. The standard InChI is InChI=1S/C14H20N2O/c1-12(17)13-7-8-15-14(11-13)16-9-5-3-2-4-6-10-16/h7-8,11H,2-6,9-10H2,1H3. The van der Waals surface area contributed by atoms with E-state index in [0.717, 1.165) is 24.5 Å². The molecule has 1 aromatic heterocycles. The molecule has 0 saturated carbocycles. The normalized spacial score (nSPS) is 17.4. The predicted molar refractivity (Wildman–Crippen MR) is 69.5 cm³/mol. The Hall–Kier alpha value is -1.38. The highest BCUT2D eigenvalue weighted by Crippen LogP contribution is 2.18. The van der Waals surface area contributed by atoms with Crippen molar-refractivity contribution in [1.82, 2.24) is 4.98 Å². The van der Waals surface area contributed by atoms with Crippen molar-refractivity contribution in [2.45, 2.75) is 39.0 Å². The Morgan fingerprint density at radius 2 is 1.82 bits per heavy atom. The van der Waals surface area contributed by atoms with Crippen LogP contribution in [0.15, 0.2) is 18.3 Å². The van der Waals surface area contributed by atoms with Gasteiger partial charge < -0.3 is 4.90 Å². The minimum absolute atomic E-state index is 0.112. The number of ketones is 1. The van der Waals surface area contributed by atoms with Gasteiger partial charge in [-0.1, -0.05) is 19.3 Å². The van der Waals surface area contributed by atoms with Gasteiger partial charge in [-0.05, 0) is 31.9 Å². The van der Waals surface area contributed by atoms with E-state index in [1.165, 1.54) is 32.1 Å². The van der Waals surface area contributed by atoms with Crippen molar-refractivity contribution in [3.63, 3.8) is 0 Å². The summed E-state index contributed by atoms with van der Waals surface area (Å²) in [5.41, 5.74) is 0.761. The van der Waals surface area contributed by atoms with Gasteiger partial charge in [0.1, 0.15) is 5.82 Å². The third-order valence-electron chi connectivity index (χ3n) is 3.33. The van der Waals surface area contributed by atoms with E-state index in [-0.39, 0.29) is 5.78 Å². The van der Waals surface area contributed by atoms with E-state index in [1.54, 1.807) is 19.2 Å². The van der Waals surface area contributed by atoms with Gasteiger partial charge in [0.15, 0.2) is 5.78 Å². The number of carbonyl (C=O) groups excluding carboxylic acids is 1. The topological polar surface area (TPSA) is 33.2 Å². The number of hydrogen-bond acceptors (Lipinski definition) is 3. The van der Waals surface area contributed by atoms with Gasteiger partial charge in [-0.3, -0.25) is 4.79 Å². The fraction of sp³-hybridized carbons (Fsp3) is 0.571. The summed E-state index contributed by atoms with van der Waals surface area (Å²) in [6.45, 7) is 3.73. The summed E-state index contributed by atoms with van der Waals surface area (Å²) in [5, 5.41) is 0. The molecular formula is C14H20N2O. The van der Waals surface area contributed by atoms with Crippen LogP contribution in [0.1, 0.15) is 49.4 Å².